The molecule has 1 aromatic rings. The summed E-state index contributed by atoms with van der Waals surface area (Å²) in [4.78, 5) is 12.6. The number of rotatable bonds is 4. The Labute approximate surface area is 137 Å². The van der Waals surface area contributed by atoms with Crippen molar-refractivity contribution in [3.05, 3.63) is 34.1 Å². The quantitative estimate of drug-likeness (QED) is 0.794. The van der Waals surface area contributed by atoms with Crippen molar-refractivity contribution >= 4 is 39.0 Å². The molecule has 0 heterocycles. The summed E-state index contributed by atoms with van der Waals surface area (Å²) in [6.07, 6.45) is 5.48. The molecule has 3 N–H and O–H groups in total. The molecule has 114 valence electrons. The van der Waals surface area contributed by atoms with E-state index in [1.807, 2.05) is 0 Å². The molecule has 21 heavy (non-hydrogen) atoms. The molecule has 1 aliphatic carbocycles. The highest BCUT2D eigenvalue weighted by atomic mass is 79.9. The molecule has 6 heteroatoms. The van der Waals surface area contributed by atoms with Gasteiger partial charge in [-0.2, -0.15) is 0 Å². The van der Waals surface area contributed by atoms with Crippen molar-refractivity contribution in [1.29, 1.82) is 0 Å². The van der Waals surface area contributed by atoms with E-state index in [2.05, 4.69) is 21.2 Å². The lowest BCUT2D eigenvalue weighted by molar-refractivity contribution is 0.0930. The number of carbonyl (C=O) groups is 1. The fourth-order valence-corrected chi connectivity index (χ4v) is 3.48. The van der Waals surface area contributed by atoms with Crippen LogP contribution in [0, 0.1) is 11.7 Å². The molecular formula is C15H18BrFN2OS. The van der Waals surface area contributed by atoms with Gasteiger partial charge in [0.15, 0.2) is 0 Å². The molecule has 1 atom stereocenters. The second-order valence-electron chi connectivity index (χ2n) is 5.35. The van der Waals surface area contributed by atoms with Gasteiger partial charge in [-0.1, -0.05) is 37.5 Å². The van der Waals surface area contributed by atoms with Gasteiger partial charge in [0.05, 0.1) is 21.1 Å². The highest BCUT2D eigenvalue weighted by Gasteiger charge is 2.28. The Kier molecular flexibility index (Phi) is 5.70. The summed E-state index contributed by atoms with van der Waals surface area (Å²) >= 11 is 8.21. The summed E-state index contributed by atoms with van der Waals surface area (Å²) in [6, 6.07) is 4.04. The standard InChI is InChI=1S/C15H18BrFN2OS/c16-12-10(7-4-8-11(12)17)15(20)19-13(14(18)21)9-5-2-1-3-6-9/h4,7-9,13H,1-3,5-6H2,(H2,18,21)(H,19,20). The van der Waals surface area contributed by atoms with Crippen molar-refractivity contribution < 1.29 is 9.18 Å². The van der Waals surface area contributed by atoms with Gasteiger partial charge in [-0.25, -0.2) is 4.39 Å². The summed E-state index contributed by atoms with van der Waals surface area (Å²) in [5.74, 6) is -0.551. The van der Waals surface area contributed by atoms with Crippen LogP contribution in [-0.2, 0) is 0 Å². The Morgan fingerprint density at radius 3 is 2.67 bits per heavy atom. The first kappa shape index (κ1) is 16.4. The van der Waals surface area contributed by atoms with Crippen LogP contribution in [0.25, 0.3) is 0 Å². The smallest absolute Gasteiger partial charge is 0.253 e. The molecule has 1 aromatic carbocycles. The Hall–Kier alpha value is -1.01. The van der Waals surface area contributed by atoms with Crippen LogP contribution in [0.15, 0.2) is 22.7 Å². The maximum atomic E-state index is 13.5. The maximum absolute atomic E-state index is 13.5. The summed E-state index contributed by atoms with van der Waals surface area (Å²) in [7, 11) is 0. The summed E-state index contributed by atoms with van der Waals surface area (Å²) in [6.45, 7) is 0. The minimum Gasteiger partial charge on any atom is -0.392 e. The lowest BCUT2D eigenvalue weighted by Crippen LogP contribution is -2.48. The topological polar surface area (TPSA) is 55.1 Å². The van der Waals surface area contributed by atoms with Crippen LogP contribution in [0.3, 0.4) is 0 Å². The van der Waals surface area contributed by atoms with Gasteiger partial charge in [-0.15, -0.1) is 0 Å². The monoisotopic (exact) mass is 372 g/mol. The molecule has 2 rings (SSSR count). The normalized spacial score (nSPS) is 17.2. The van der Waals surface area contributed by atoms with Crippen LogP contribution in [0.5, 0.6) is 0 Å². The molecule has 0 saturated heterocycles. The molecule has 1 saturated carbocycles. The predicted molar refractivity (Wildman–Crippen MR) is 88.7 cm³/mol. The van der Waals surface area contributed by atoms with E-state index < -0.39 is 5.82 Å². The number of hydrogen-bond donors (Lipinski definition) is 2. The van der Waals surface area contributed by atoms with Crippen LogP contribution in [0.1, 0.15) is 42.5 Å². The Balaban J connectivity index is 2.14. The van der Waals surface area contributed by atoms with E-state index in [0.717, 1.165) is 25.7 Å². The van der Waals surface area contributed by atoms with Gasteiger partial charge in [-0.05, 0) is 46.8 Å². The number of halogens is 2. The number of carbonyl (C=O) groups excluding carboxylic acids is 1. The molecule has 1 fully saturated rings. The summed E-state index contributed by atoms with van der Waals surface area (Å²) in [5, 5.41) is 2.87. The van der Waals surface area contributed by atoms with Crippen LogP contribution < -0.4 is 11.1 Å². The molecule has 1 aliphatic rings. The van der Waals surface area contributed by atoms with Crippen molar-refractivity contribution in [2.75, 3.05) is 0 Å². The molecule has 0 aromatic heterocycles. The van der Waals surface area contributed by atoms with Crippen LogP contribution >= 0.6 is 28.1 Å². The van der Waals surface area contributed by atoms with E-state index in [1.165, 1.54) is 18.6 Å². The molecule has 3 nitrogen and oxygen atoms in total. The van der Waals surface area contributed by atoms with Crippen LogP contribution in [0.2, 0.25) is 0 Å². The van der Waals surface area contributed by atoms with Crippen LogP contribution in [0.4, 0.5) is 4.39 Å². The lowest BCUT2D eigenvalue weighted by Gasteiger charge is -2.30. The van der Waals surface area contributed by atoms with E-state index in [0.29, 0.717) is 4.99 Å². The lowest BCUT2D eigenvalue weighted by atomic mass is 9.83. The third kappa shape index (κ3) is 4.01. The van der Waals surface area contributed by atoms with E-state index >= 15 is 0 Å². The van der Waals surface area contributed by atoms with Crippen molar-refractivity contribution in [3.63, 3.8) is 0 Å². The van der Waals surface area contributed by atoms with Gasteiger partial charge in [0.2, 0.25) is 0 Å². The second-order valence-corrected chi connectivity index (χ2v) is 6.62. The molecule has 0 radical (unpaired) electrons. The summed E-state index contributed by atoms with van der Waals surface area (Å²) < 4.78 is 13.7. The molecule has 1 amide bonds. The number of nitrogens with two attached hydrogens (primary N) is 1. The Bertz CT molecular complexity index is 546. The van der Waals surface area contributed by atoms with Gasteiger partial charge in [0.25, 0.3) is 5.91 Å². The molecule has 0 aliphatic heterocycles. The number of thiocarbonyl (C=S) groups is 1. The number of amides is 1. The first-order chi connectivity index (χ1) is 10.0. The molecule has 0 bridgehead atoms. The van der Waals surface area contributed by atoms with E-state index in [1.54, 1.807) is 6.07 Å². The maximum Gasteiger partial charge on any atom is 0.253 e. The zero-order valence-corrected chi connectivity index (χ0v) is 14.0. The largest absolute Gasteiger partial charge is 0.392 e. The average Bonchev–Trinajstić information content (AvgIpc) is 2.48. The highest BCUT2D eigenvalue weighted by Crippen LogP contribution is 2.27. The third-order valence-corrected chi connectivity index (χ3v) is 4.97. The van der Waals surface area contributed by atoms with Crippen LogP contribution in [-0.4, -0.2) is 16.9 Å². The zero-order chi connectivity index (χ0) is 15.4. The fourth-order valence-electron chi connectivity index (χ4n) is 2.79. The average molecular weight is 373 g/mol. The van der Waals surface area contributed by atoms with Crippen molar-refractivity contribution in [2.24, 2.45) is 11.7 Å². The fraction of sp³-hybridized carbons (Fsp3) is 0.467. The van der Waals surface area contributed by atoms with Crippen molar-refractivity contribution in [2.45, 2.75) is 38.1 Å². The van der Waals surface area contributed by atoms with Crippen molar-refractivity contribution in [3.8, 4) is 0 Å². The van der Waals surface area contributed by atoms with Gasteiger partial charge < -0.3 is 11.1 Å². The first-order valence-electron chi connectivity index (χ1n) is 7.05. The van der Waals surface area contributed by atoms with Crippen molar-refractivity contribution in [1.82, 2.24) is 5.32 Å². The van der Waals surface area contributed by atoms with Gasteiger partial charge >= 0.3 is 0 Å². The molecule has 0 spiro atoms. The minimum absolute atomic E-state index is 0.160. The van der Waals surface area contributed by atoms with E-state index in [-0.39, 0.29) is 27.9 Å². The SMILES string of the molecule is NC(=S)C(NC(=O)c1cccc(F)c1Br)C1CCCCC1. The van der Waals surface area contributed by atoms with E-state index in [4.69, 9.17) is 18.0 Å². The van der Waals surface area contributed by atoms with Gasteiger partial charge in [-0.3, -0.25) is 4.79 Å². The Morgan fingerprint density at radius 1 is 1.38 bits per heavy atom. The first-order valence-corrected chi connectivity index (χ1v) is 8.25. The van der Waals surface area contributed by atoms with Gasteiger partial charge in [0, 0.05) is 0 Å². The predicted octanol–water partition coefficient (Wildman–Crippen LogP) is 3.55. The number of hydrogen-bond acceptors (Lipinski definition) is 2. The Morgan fingerprint density at radius 2 is 2.05 bits per heavy atom. The molecular weight excluding hydrogens is 355 g/mol. The van der Waals surface area contributed by atoms with Gasteiger partial charge in [0.1, 0.15) is 5.82 Å². The highest BCUT2D eigenvalue weighted by molar-refractivity contribution is 9.10. The number of nitrogens with one attached hydrogen (secondary N) is 1. The minimum atomic E-state index is -0.466. The second kappa shape index (κ2) is 7.31. The van der Waals surface area contributed by atoms with E-state index in [9.17, 15) is 9.18 Å². The molecule has 1 unspecified atom stereocenters. The zero-order valence-electron chi connectivity index (χ0n) is 11.6. The third-order valence-electron chi connectivity index (χ3n) is 3.91. The summed E-state index contributed by atoms with van der Waals surface area (Å²) in [5.41, 5.74) is 6.05. The number of benzene rings is 1.